The molecule has 11 N–H and O–H groups in total. The first-order valence-corrected chi connectivity index (χ1v) is 5.01. The molecule has 0 unspecified atom stereocenters. The number of nitrogens with two attached hydrogens (primary N) is 5. The number of hydrogen-bond acceptors (Lipinski definition) is 7. The number of ketones is 1. The van der Waals surface area contributed by atoms with Crippen molar-refractivity contribution < 1.29 is 4.79 Å². The van der Waals surface area contributed by atoms with E-state index in [0.717, 1.165) is 12.8 Å². The van der Waals surface area contributed by atoms with Crippen molar-refractivity contribution in [1.29, 1.82) is 0 Å². The van der Waals surface area contributed by atoms with Gasteiger partial charge in [-0.05, 0) is 19.4 Å². The highest BCUT2D eigenvalue weighted by atomic mass is 16.1. The smallest absolute Gasteiger partial charge is 0.180 e. The van der Waals surface area contributed by atoms with Crippen LogP contribution in [0, 0.1) is 0 Å². The second kappa shape index (κ2) is 7.69. The highest BCUT2D eigenvalue weighted by Gasteiger charge is 2.21. The van der Waals surface area contributed by atoms with Crippen LogP contribution in [0.3, 0.4) is 0 Å². The SMILES string of the molecule is NCCCC[C@H](NC(N)N)C(=O)C(N)N. The molecule has 0 saturated carbocycles. The second-order valence-electron chi connectivity index (χ2n) is 3.46. The zero-order chi connectivity index (χ0) is 11.8. The Labute approximate surface area is 89.7 Å². The van der Waals surface area contributed by atoms with Crippen molar-refractivity contribution in [3.8, 4) is 0 Å². The van der Waals surface area contributed by atoms with Crippen molar-refractivity contribution in [2.75, 3.05) is 6.54 Å². The molecule has 0 saturated heterocycles. The zero-order valence-corrected chi connectivity index (χ0v) is 8.86. The van der Waals surface area contributed by atoms with E-state index in [0.29, 0.717) is 13.0 Å². The van der Waals surface area contributed by atoms with E-state index in [-0.39, 0.29) is 5.78 Å². The lowest BCUT2D eigenvalue weighted by atomic mass is 10.0. The van der Waals surface area contributed by atoms with Gasteiger partial charge in [-0.25, -0.2) is 0 Å². The first-order chi connectivity index (χ1) is 6.99. The van der Waals surface area contributed by atoms with Crippen molar-refractivity contribution in [2.45, 2.75) is 37.8 Å². The van der Waals surface area contributed by atoms with Crippen LogP contribution >= 0.6 is 0 Å². The summed E-state index contributed by atoms with van der Waals surface area (Å²) in [7, 11) is 0. The fourth-order valence-corrected chi connectivity index (χ4v) is 1.27. The van der Waals surface area contributed by atoms with Crippen LogP contribution < -0.4 is 34.0 Å². The van der Waals surface area contributed by atoms with E-state index in [1.54, 1.807) is 0 Å². The lowest BCUT2D eigenvalue weighted by Gasteiger charge is -2.21. The average Bonchev–Trinajstić information content (AvgIpc) is 2.14. The number of carbonyl (C=O) groups is 1. The zero-order valence-electron chi connectivity index (χ0n) is 8.86. The van der Waals surface area contributed by atoms with E-state index in [1.807, 2.05) is 0 Å². The number of rotatable bonds is 8. The van der Waals surface area contributed by atoms with Gasteiger partial charge in [-0.1, -0.05) is 6.42 Å². The van der Waals surface area contributed by atoms with E-state index >= 15 is 0 Å². The molecule has 90 valence electrons. The van der Waals surface area contributed by atoms with Crippen LogP contribution in [0.5, 0.6) is 0 Å². The lowest BCUT2D eigenvalue weighted by Crippen LogP contribution is -2.57. The van der Waals surface area contributed by atoms with Crippen LogP contribution in [0.4, 0.5) is 0 Å². The number of hydrogen-bond donors (Lipinski definition) is 6. The summed E-state index contributed by atoms with van der Waals surface area (Å²) < 4.78 is 0. The molecular formula is C8H22N6O. The summed E-state index contributed by atoms with van der Waals surface area (Å²) in [5.41, 5.74) is 26.6. The van der Waals surface area contributed by atoms with Gasteiger partial charge < -0.3 is 28.7 Å². The van der Waals surface area contributed by atoms with Gasteiger partial charge in [0.05, 0.1) is 6.04 Å². The summed E-state index contributed by atoms with van der Waals surface area (Å²) in [5.74, 6) is -0.284. The molecule has 0 radical (unpaired) electrons. The molecule has 15 heavy (non-hydrogen) atoms. The standard InChI is InChI=1S/C8H22N6O/c9-4-2-1-3-5(14-8(12)13)6(15)7(10)11/h5,7-8,14H,1-4,9-13H2/t5-/m0/s1. The van der Waals surface area contributed by atoms with Gasteiger partial charge in [0, 0.05) is 0 Å². The summed E-state index contributed by atoms with van der Waals surface area (Å²) in [4.78, 5) is 11.5. The van der Waals surface area contributed by atoms with Gasteiger partial charge in [-0.15, -0.1) is 0 Å². The highest BCUT2D eigenvalue weighted by molar-refractivity contribution is 5.88. The summed E-state index contributed by atoms with van der Waals surface area (Å²) in [5, 5.41) is 2.73. The molecule has 0 bridgehead atoms. The van der Waals surface area contributed by atoms with Crippen LogP contribution in [0.1, 0.15) is 19.3 Å². The van der Waals surface area contributed by atoms with Crippen LogP contribution in [0.15, 0.2) is 0 Å². The molecule has 0 aliphatic heterocycles. The third kappa shape index (κ3) is 6.50. The minimum absolute atomic E-state index is 0.284. The maximum absolute atomic E-state index is 11.5. The predicted octanol–water partition coefficient (Wildman–Crippen LogP) is -2.91. The van der Waals surface area contributed by atoms with Gasteiger partial charge in [0.25, 0.3) is 0 Å². The van der Waals surface area contributed by atoms with Crippen molar-refractivity contribution >= 4 is 5.78 Å². The van der Waals surface area contributed by atoms with Gasteiger partial charge in [0.2, 0.25) is 0 Å². The van der Waals surface area contributed by atoms with Gasteiger partial charge in [0.1, 0.15) is 12.5 Å². The van der Waals surface area contributed by atoms with Gasteiger partial charge in [-0.3, -0.25) is 10.1 Å². The Balaban J connectivity index is 4.11. The summed E-state index contributed by atoms with van der Waals surface area (Å²) >= 11 is 0. The minimum atomic E-state index is -1.00. The van der Waals surface area contributed by atoms with Crippen molar-refractivity contribution in [1.82, 2.24) is 5.32 Å². The second-order valence-corrected chi connectivity index (χ2v) is 3.46. The molecule has 7 heteroatoms. The molecule has 0 aromatic carbocycles. The van der Waals surface area contributed by atoms with Crippen molar-refractivity contribution in [3.05, 3.63) is 0 Å². The Morgan fingerprint density at radius 3 is 2.13 bits per heavy atom. The fourth-order valence-electron chi connectivity index (χ4n) is 1.27. The summed E-state index contributed by atoms with van der Waals surface area (Å²) in [6, 6.07) is -0.489. The molecule has 0 aliphatic rings. The van der Waals surface area contributed by atoms with Crippen molar-refractivity contribution in [2.24, 2.45) is 28.7 Å². The van der Waals surface area contributed by atoms with E-state index in [1.165, 1.54) is 0 Å². The molecule has 0 aromatic rings. The molecule has 0 fully saturated rings. The van der Waals surface area contributed by atoms with Crippen LogP contribution in [-0.4, -0.2) is 30.8 Å². The van der Waals surface area contributed by atoms with E-state index in [2.05, 4.69) is 5.32 Å². The van der Waals surface area contributed by atoms with Crippen LogP contribution in [-0.2, 0) is 4.79 Å². The Morgan fingerprint density at radius 1 is 1.13 bits per heavy atom. The molecule has 0 aliphatic carbocycles. The Kier molecular flexibility index (Phi) is 7.39. The molecule has 7 nitrogen and oxygen atoms in total. The van der Waals surface area contributed by atoms with Gasteiger partial charge in [-0.2, -0.15) is 0 Å². The average molecular weight is 218 g/mol. The largest absolute Gasteiger partial charge is 0.330 e. The molecular weight excluding hydrogens is 196 g/mol. The van der Waals surface area contributed by atoms with E-state index in [9.17, 15) is 4.79 Å². The predicted molar refractivity (Wildman–Crippen MR) is 59.2 cm³/mol. The fraction of sp³-hybridized carbons (Fsp3) is 0.875. The number of nitrogens with one attached hydrogen (secondary N) is 1. The molecule has 0 heterocycles. The number of Topliss-reactive ketones (excluding diaryl/α,β-unsaturated/α-hetero) is 1. The maximum atomic E-state index is 11.5. The normalized spacial score (nSPS) is 13.5. The Bertz CT molecular complexity index is 184. The monoisotopic (exact) mass is 218 g/mol. The van der Waals surface area contributed by atoms with E-state index < -0.39 is 18.5 Å². The highest BCUT2D eigenvalue weighted by Crippen LogP contribution is 2.02. The summed E-state index contributed by atoms with van der Waals surface area (Å²) in [6.45, 7) is 0.588. The maximum Gasteiger partial charge on any atom is 0.180 e. The number of unbranched alkanes of at least 4 members (excludes halogenated alkanes) is 1. The third-order valence-electron chi connectivity index (χ3n) is 2.01. The van der Waals surface area contributed by atoms with Gasteiger partial charge in [0.15, 0.2) is 5.78 Å². The molecule has 1 atom stereocenters. The lowest BCUT2D eigenvalue weighted by molar-refractivity contribution is -0.122. The first-order valence-electron chi connectivity index (χ1n) is 5.01. The van der Waals surface area contributed by atoms with Crippen molar-refractivity contribution in [3.63, 3.8) is 0 Å². The topological polar surface area (TPSA) is 159 Å². The molecule has 0 aromatic heterocycles. The number of carbonyl (C=O) groups excluding carboxylic acids is 1. The van der Waals surface area contributed by atoms with Crippen LogP contribution in [0.25, 0.3) is 0 Å². The Morgan fingerprint density at radius 2 is 1.73 bits per heavy atom. The first kappa shape index (κ1) is 14.4. The van der Waals surface area contributed by atoms with E-state index in [4.69, 9.17) is 28.7 Å². The summed E-state index contributed by atoms with van der Waals surface area (Å²) in [6.07, 6.45) is 0.477. The van der Waals surface area contributed by atoms with Crippen LogP contribution in [0.2, 0.25) is 0 Å². The minimum Gasteiger partial charge on any atom is -0.330 e. The Hall–Kier alpha value is -0.570. The molecule has 0 amide bonds. The quantitative estimate of drug-likeness (QED) is 0.188. The van der Waals surface area contributed by atoms with Gasteiger partial charge >= 0.3 is 0 Å². The molecule has 0 spiro atoms. The molecule has 0 rings (SSSR count). The third-order valence-corrected chi connectivity index (χ3v) is 2.01.